The van der Waals surface area contributed by atoms with Crippen LogP contribution in [0.5, 0.6) is 0 Å². The zero-order valence-corrected chi connectivity index (χ0v) is 18.2. The molecule has 4 nitrogen and oxygen atoms in total. The molecule has 1 amide bonds. The van der Waals surface area contributed by atoms with Crippen LogP contribution in [0.2, 0.25) is 0 Å². The van der Waals surface area contributed by atoms with Crippen molar-refractivity contribution < 1.29 is 4.79 Å². The molecule has 27 heavy (non-hydrogen) atoms. The quantitative estimate of drug-likeness (QED) is 0.352. The molecule has 2 aromatic rings. The third-order valence-corrected chi connectivity index (χ3v) is 4.71. The van der Waals surface area contributed by atoms with E-state index in [0.717, 1.165) is 22.4 Å². The summed E-state index contributed by atoms with van der Waals surface area (Å²) in [6.07, 6.45) is -1.03. The van der Waals surface area contributed by atoms with E-state index >= 15 is 0 Å². The summed E-state index contributed by atoms with van der Waals surface area (Å²) in [4.78, 5) is 12.5. The SMILES string of the molecule is Cc1ccc(C(=O)N[C@@H](NC(=S)Nc2cc(C)ccc2C)C(Cl)(Cl)Cl)cc1. The molecule has 144 valence electrons. The fourth-order valence-corrected chi connectivity index (χ4v) is 2.83. The first-order chi connectivity index (χ1) is 12.6. The van der Waals surface area contributed by atoms with Gasteiger partial charge in [-0.05, 0) is 62.3 Å². The van der Waals surface area contributed by atoms with E-state index < -0.39 is 9.96 Å². The Hall–Kier alpha value is -1.53. The molecule has 0 saturated carbocycles. The summed E-state index contributed by atoms with van der Waals surface area (Å²) >= 11 is 23.4. The van der Waals surface area contributed by atoms with Crippen LogP contribution in [-0.2, 0) is 0 Å². The summed E-state index contributed by atoms with van der Waals surface area (Å²) in [6, 6.07) is 13.0. The molecule has 0 aromatic heterocycles. The largest absolute Gasteiger partial charge is 0.339 e. The van der Waals surface area contributed by atoms with Gasteiger partial charge in [-0.2, -0.15) is 0 Å². The highest BCUT2D eigenvalue weighted by Gasteiger charge is 2.34. The standard InChI is InChI=1S/C19H20Cl3N3OS/c1-11-5-8-14(9-6-11)16(26)24-17(19(20,21)22)25-18(27)23-15-10-12(2)4-7-13(15)3/h4-10,17H,1-3H3,(H,24,26)(H2,23,25,27)/t17-/m0/s1. The number of thiocarbonyl (C=S) groups is 1. The monoisotopic (exact) mass is 443 g/mol. The molecule has 0 aliphatic rings. The molecule has 2 rings (SSSR count). The summed E-state index contributed by atoms with van der Waals surface area (Å²) in [5, 5.41) is 8.81. The van der Waals surface area contributed by atoms with Crippen LogP contribution in [0.4, 0.5) is 5.69 Å². The van der Waals surface area contributed by atoms with Crippen molar-refractivity contribution in [2.45, 2.75) is 30.7 Å². The Morgan fingerprint density at radius 1 is 0.963 bits per heavy atom. The molecular formula is C19H20Cl3N3OS. The molecule has 0 saturated heterocycles. The molecule has 0 aliphatic carbocycles. The lowest BCUT2D eigenvalue weighted by molar-refractivity contribution is 0.0934. The molecule has 0 unspecified atom stereocenters. The molecule has 1 atom stereocenters. The van der Waals surface area contributed by atoms with Crippen molar-refractivity contribution in [1.29, 1.82) is 0 Å². The third-order valence-electron chi connectivity index (χ3n) is 3.83. The summed E-state index contributed by atoms with van der Waals surface area (Å²) in [7, 11) is 0. The van der Waals surface area contributed by atoms with E-state index in [1.807, 2.05) is 51.1 Å². The van der Waals surface area contributed by atoms with E-state index in [9.17, 15) is 4.79 Å². The Bertz CT molecular complexity index is 835. The maximum Gasteiger partial charge on any atom is 0.252 e. The van der Waals surface area contributed by atoms with Crippen LogP contribution < -0.4 is 16.0 Å². The lowest BCUT2D eigenvalue weighted by Crippen LogP contribution is -2.56. The van der Waals surface area contributed by atoms with E-state index in [1.165, 1.54) is 0 Å². The Kier molecular flexibility index (Phi) is 7.34. The Labute approximate surface area is 179 Å². The van der Waals surface area contributed by atoms with Crippen LogP contribution in [0.15, 0.2) is 42.5 Å². The van der Waals surface area contributed by atoms with Crippen molar-refractivity contribution >= 4 is 63.7 Å². The van der Waals surface area contributed by atoms with E-state index in [2.05, 4.69) is 16.0 Å². The number of carbonyl (C=O) groups excluding carboxylic acids is 1. The molecule has 0 heterocycles. The number of hydrogen-bond donors (Lipinski definition) is 3. The number of halogens is 3. The number of hydrogen-bond acceptors (Lipinski definition) is 2. The van der Waals surface area contributed by atoms with Crippen molar-refractivity contribution in [2.24, 2.45) is 0 Å². The minimum Gasteiger partial charge on any atom is -0.339 e. The number of amides is 1. The number of nitrogens with one attached hydrogen (secondary N) is 3. The first-order valence-corrected chi connectivity index (χ1v) is 9.69. The highest BCUT2D eigenvalue weighted by atomic mass is 35.6. The van der Waals surface area contributed by atoms with Gasteiger partial charge in [-0.15, -0.1) is 0 Å². The number of alkyl halides is 3. The number of benzene rings is 2. The van der Waals surface area contributed by atoms with Crippen LogP contribution in [0.3, 0.4) is 0 Å². The van der Waals surface area contributed by atoms with Crippen molar-refractivity contribution in [2.75, 3.05) is 5.32 Å². The van der Waals surface area contributed by atoms with Gasteiger partial charge in [0.1, 0.15) is 6.17 Å². The average Bonchev–Trinajstić information content (AvgIpc) is 2.57. The number of aryl methyl sites for hydroxylation is 3. The highest BCUT2D eigenvalue weighted by Crippen LogP contribution is 2.29. The molecule has 8 heteroatoms. The normalized spacial score (nSPS) is 12.2. The minimum absolute atomic E-state index is 0.226. The van der Waals surface area contributed by atoms with Crippen LogP contribution in [0, 0.1) is 20.8 Å². The molecule has 0 radical (unpaired) electrons. The Morgan fingerprint density at radius 2 is 1.56 bits per heavy atom. The summed E-state index contributed by atoms with van der Waals surface area (Å²) in [5.74, 6) is -0.381. The first-order valence-electron chi connectivity index (χ1n) is 8.15. The summed E-state index contributed by atoms with van der Waals surface area (Å²) < 4.78 is -1.81. The van der Waals surface area contributed by atoms with Gasteiger partial charge >= 0.3 is 0 Å². The Balaban J connectivity index is 2.10. The van der Waals surface area contributed by atoms with Crippen molar-refractivity contribution in [1.82, 2.24) is 10.6 Å². The fourth-order valence-electron chi connectivity index (χ4n) is 2.28. The van der Waals surface area contributed by atoms with Gasteiger partial charge in [0.2, 0.25) is 3.79 Å². The summed E-state index contributed by atoms with van der Waals surface area (Å²) in [6.45, 7) is 5.87. The van der Waals surface area contributed by atoms with E-state index in [1.54, 1.807) is 12.1 Å². The fraction of sp³-hybridized carbons (Fsp3) is 0.263. The van der Waals surface area contributed by atoms with Crippen LogP contribution in [0.25, 0.3) is 0 Å². The number of carbonyl (C=O) groups is 1. The lowest BCUT2D eigenvalue weighted by Gasteiger charge is -2.28. The molecule has 2 aromatic carbocycles. The zero-order chi connectivity index (χ0) is 20.2. The molecular weight excluding hydrogens is 425 g/mol. The van der Waals surface area contributed by atoms with Gasteiger partial charge in [-0.3, -0.25) is 4.79 Å². The second-order valence-electron chi connectivity index (χ2n) is 6.23. The second-order valence-corrected chi connectivity index (χ2v) is 9.01. The van der Waals surface area contributed by atoms with Gasteiger partial charge in [-0.25, -0.2) is 0 Å². The molecule has 0 fully saturated rings. The predicted molar refractivity (Wildman–Crippen MR) is 118 cm³/mol. The number of rotatable bonds is 4. The topological polar surface area (TPSA) is 53.2 Å². The minimum atomic E-state index is -1.81. The smallest absolute Gasteiger partial charge is 0.252 e. The molecule has 3 N–H and O–H groups in total. The third kappa shape index (κ3) is 6.54. The van der Waals surface area contributed by atoms with Crippen LogP contribution >= 0.6 is 47.0 Å². The van der Waals surface area contributed by atoms with Crippen molar-refractivity contribution in [3.8, 4) is 0 Å². The van der Waals surface area contributed by atoms with Gasteiger partial charge in [0.25, 0.3) is 5.91 Å². The van der Waals surface area contributed by atoms with Crippen LogP contribution in [-0.4, -0.2) is 21.0 Å². The van der Waals surface area contributed by atoms with Crippen molar-refractivity contribution in [3.63, 3.8) is 0 Å². The van der Waals surface area contributed by atoms with Crippen molar-refractivity contribution in [3.05, 3.63) is 64.7 Å². The molecule has 0 spiro atoms. The first kappa shape index (κ1) is 21.8. The molecule has 0 aliphatic heterocycles. The van der Waals surface area contributed by atoms with Gasteiger partial charge in [0, 0.05) is 11.3 Å². The van der Waals surface area contributed by atoms with E-state index in [0.29, 0.717) is 5.56 Å². The average molecular weight is 445 g/mol. The van der Waals surface area contributed by atoms with Crippen LogP contribution in [0.1, 0.15) is 27.0 Å². The van der Waals surface area contributed by atoms with Gasteiger partial charge in [-0.1, -0.05) is 64.6 Å². The lowest BCUT2D eigenvalue weighted by atomic mass is 10.1. The maximum absolute atomic E-state index is 12.5. The molecule has 0 bridgehead atoms. The van der Waals surface area contributed by atoms with Gasteiger partial charge in [0.15, 0.2) is 5.11 Å². The number of anilines is 1. The van der Waals surface area contributed by atoms with E-state index in [4.69, 9.17) is 47.0 Å². The summed E-state index contributed by atoms with van der Waals surface area (Å²) in [5.41, 5.74) is 4.42. The zero-order valence-electron chi connectivity index (χ0n) is 15.1. The highest BCUT2D eigenvalue weighted by molar-refractivity contribution is 7.80. The Morgan fingerprint density at radius 3 is 2.15 bits per heavy atom. The maximum atomic E-state index is 12.5. The van der Waals surface area contributed by atoms with Gasteiger partial charge in [0.05, 0.1) is 0 Å². The van der Waals surface area contributed by atoms with Gasteiger partial charge < -0.3 is 16.0 Å². The second kappa shape index (κ2) is 9.11. The predicted octanol–water partition coefficient (Wildman–Crippen LogP) is 5.02. The van der Waals surface area contributed by atoms with E-state index in [-0.39, 0.29) is 11.0 Å².